The van der Waals surface area contributed by atoms with Crippen LogP contribution in [0.5, 0.6) is 5.75 Å². The summed E-state index contributed by atoms with van der Waals surface area (Å²) >= 11 is 0. The molecule has 23 heavy (non-hydrogen) atoms. The summed E-state index contributed by atoms with van der Waals surface area (Å²) in [4.78, 5) is 26.3. The highest BCUT2D eigenvalue weighted by atomic mass is 16.3. The van der Waals surface area contributed by atoms with Crippen molar-refractivity contribution in [2.45, 2.75) is 0 Å². The molecule has 0 aliphatic heterocycles. The summed E-state index contributed by atoms with van der Waals surface area (Å²) in [5.41, 5.74) is 6.64. The molecule has 116 valence electrons. The minimum Gasteiger partial charge on any atom is -0.508 e. The quantitative estimate of drug-likeness (QED) is 0.361. The molecule has 0 aliphatic rings. The number of nitrogen functional groups attached to an aromatic ring is 1. The summed E-state index contributed by atoms with van der Waals surface area (Å²) in [7, 11) is 0. The SMILES string of the molecule is Nc1ccc2c(=O)[nH][nH]c(=O)c2c1.Oc1ccc2ncoc2c1. The Labute approximate surface area is 128 Å². The van der Waals surface area contributed by atoms with Crippen molar-refractivity contribution in [2.75, 3.05) is 5.73 Å². The van der Waals surface area contributed by atoms with E-state index in [4.69, 9.17) is 15.3 Å². The van der Waals surface area contributed by atoms with Crippen LogP contribution in [0.2, 0.25) is 0 Å². The fourth-order valence-electron chi connectivity index (χ4n) is 2.04. The van der Waals surface area contributed by atoms with Gasteiger partial charge in [-0.15, -0.1) is 0 Å². The third-order valence-corrected chi connectivity index (χ3v) is 3.14. The van der Waals surface area contributed by atoms with Gasteiger partial charge in [0.1, 0.15) is 11.3 Å². The Morgan fingerprint density at radius 2 is 1.74 bits per heavy atom. The Balaban J connectivity index is 0.000000140. The lowest BCUT2D eigenvalue weighted by molar-refractivity contribution is 0.474. The van der Waals surface area contributed by atoms with Gasteiger partial charge in [-0.05, 0) is 30.3 Å². The number of phenolic OH excluding ortho intramolecular Hbond substituents is 1. The number of oxazole rings is 1. The van der Waals surface area contributed by atoms with Crippen molar-refractivity contribution in [1.29, 1.82) is 0 Å². The minimum atomic E-state index is -0.345. The van der Waals surface area contributed by atoms with Gasteiger partial charge in [0.15, 0.2) is 12.0 Å². The predicted molar refractivity (Wildman–Crippen MR) is 85.3 cm³/mol. The molecule has 0 aliphatic carbocycles. The summed E-state index contributed by atoms with van der Waals surface area (Å²) in [6.07, 6.45) is 1.35. The number of benzene rings is 2. The van der Waals surface area contributed by atoms with E-state index in [2.05, 4.69) is 15.2 Å². The Morgan fingerprint density at radius 3 is 2.52 bits per heavy atom. The second-order valence-corrected chi connectivity index (χ2v) is 4.72. The number of phenols is 1. The van der Waals surface area contributed by atoms with Gasteiger partial charge < -0.3 is 15.3 Å². The van der Waals surface area contributed by atoms with E-state index in [1.54, 1.807) is 18.2 Å². The fraction of sp³-hybridized carbons (Fsp3) is 0. The molecule has 4 aromatic rings. The average Bonchev–Trinajstić information content (AvgIpc) is 2.99. The van der Waals surface area contributed by atoms with Crippen LogP contribution in [0, 0.1) is 0 Å². The number of nitrogens with two attached hydrogens (primary N) is 1. The van der Waals surface area contributed by atoms with Crippen molar-refractivity contribution >= 4 is 27.6 Å². The number of aromatic nitrogens is 3. The number of hydrogen-bond acceptors (Lipinski definition) is 6. The fourth-order valence-corrected chi connectivity index (χ4v) is 2.04. The van der Waals surface area contributed by atoms with Crippen LogP contribution in [-0.4, -0.2) is 20.3 Å². The average molecular weight is 312 g/mol. The van der Waals surface area contributed by atoms with Gasteiger partial charge >= 0.3 is 0 Å². The molecule has 0 fully saturated rings. The first kappa shape index (κ1) is 14.4. The van der Waals surface area contributed by atoms with E-state index in [-0.39, 0.29) is 16.9 Å². The van der Waals surface area contributed by atoms with Gasteiger partial charge in [0.2, 0.25) is 0 Å². The van der Waals surface area contributed by atoms with Crippen molar-refractivity contribution in [1.82, 2.24) is 15.2 Å². The van der Waals surface area contributed by atoms with Crippen LogP contribution < -0.4 is 16.9 Å². The number of aromatic amines is 2. The van der Waals surface area contributed by atoms with Gasteiger partial charge in [-0.25, -0.2) is 4.98 Å². The van der Waals surface area contributed by atoms with Crippen LogP contribution >= 0.6 is 0 Å². The zero-order valence-corrected chi connectivity index (χ0v) is 11.7. The van der Waals surface area contributed by atoms with Crippen molar-refractivity contribution in [2.24, 2.45) is 0 Å². The van der Waals surface area contributed by atoms with Gasteiger partial charge in [0, 0.05) is 11.8 Å². The lowest BCUT2D eigenvalue weighted by Crippen LogP contribution is -2.18. The molecule has 8 nitrogen and oxygen atoms in total. The number of H-pyrrole nitrogens is 2. The molecule has 0 atom stereocenters. The Morgan fingerprint density at radius 1 is 1.00 bits per heavy atom. The maximum atomic E-state index is 11.2. The number of nitrogens with zero attached hydrogens (tertiary/aromatic N) is 1. The molecule has 2 aromatic carbocycles. The molecular weight excluding hydrogens is 300 g/mol. The first-order valence-electron chi connectivity index (χ1n) is 6.57. The number of anilines is 1. The van der Waals surface area contributed by atoms with E-state index in [0.717, 1.165) is 5.52 Å². The van der Waals surface area contributed by atoms with Gasteiger partial charge in [0.25, 0.3) is 11.1 Å². The van der Waals surface area contributed by atoms with Crippen LogP contribution in [0.3, 0.4) is 0 Å². The number of nitrogens with one attached hydrogen (secondary N) is 2. The molecule has 0 unspecified atom stereocenters. The Bertz CT molecular complexity index is 1090. The molecule has 0 saturated heterocycles. The molecule has 0 bridgehead atoms. The highest BCUT2D eigenvalue weighted by Gasteiger charge is 2.01. The topological polar surface area (TPSA) is 138 Å². The molecule has 2 aromatic heterocycles. The van der Waals surface area contributed by atoms with E-state index in [9.17, 15) is 9.59 Å². The maximum absolute atomic E-state index is 11.2. The highest BCUT2D eigenvalue weighted by molar-refractivity contribution is 5.83. The van der Waals surface area contributed by atoms with Crippen molar-refractivity contribution in [3.63, 3.8) is 0 Å². The zero-order chi connectivity index (χ0) is 16.4. The van der Waals surface area contributed by atoms with Gasteiger partial charge in [-0.2, -0.15) is 0 Å². The van der Waals surface area contributed by atoms with Gasteiger partial charge in [-0.1, -0.05) is 0 Å². The summed E-state index contributed by atoms with van der Waals surface area (Å²) in [5.74, 6) is 0.198. The molecule has 2 heterocycles. The standard InChI is InChI=1S/C8H7N3O2.C7H5NO2/c9-4-1-2-5-6(3-4)8(13)11-10-7(5)12;9-5-1-2-6-7(3-5)10-4-8-6/h1-3H,9H2,(H,10,12)(H,11,13);1-4,9H. The Hall–Kier alpha value is -3.55. The van der Waals surface area contributed by atoms with Crippen LogP contribution in [0.25, 0.3) is 21.9 Å². The normalized spacial score (nSPS) is 10.4. The first-order chi connectivity index (χ1) is 11.0. The highest BCUT2D eigenvalue weighted by Crippen LogP contribution is 2.17. The third-order valence-electron chi connectivity index (χ3n) is 3.14. The minimum absolute atomic E-state index is 0.198. The largest absolute Gasteiger partial charge is 0.508 e. The summed E-state index contributed by atoms with van der Waals surface area (Å²) in [5, 5.41) is 14.1. The summed E-state index contributed by atoms with van der Waals surface area (Å²) in [6.45, 7) is 0. The Kier molecular flexibility index (Phi) is 3.55. The summed E-state index contributed by atoms with van der Waals surface area (Å²) in [6, 6.07) is 9.39. The molecule has 0 spiro atoms. The van der Waals surface area contributed by atoms with E-state index in [0.29, 0.717) is 22.0 Å². The number of aromatic hydroxyl groups is 1. The van der Waals surface area contributed by atoms with Crippen LogP contribution in [0.15, 0.2) is 56.8 Å². The number of rotatable bonds is 0. The van der Waals surface area contributed by atoms with Crippen LogP contribution in [-0.2, 0) is 0 Å². The van der Waals surface area contributed by atoms with Gasteiger partial charge in [0.05, 0.1) is 10.8 Å². The molecule has 8 heteroatoms. The van der Waals surface area contributed by atoms with E-state index in [1.165, 1.54) is 24.6 Å². The first-order valence-corrected chi connectivity index (χ1v) is 6.57. The number of fused-ring (bicyclic) bond motifs is 2. The van der Waals surface area contributed by atoms with E-state index in [1.807, 2.05) is 0 Å². The molecule has 4 rings (SSSR count). The molecule has 0 amide bonds. The molecule has 0 radical (unpaired) electrons. The number of hydrogen-bond donors (Lipinski definition) is 4. The maximum Gasteiger partial charge on any atom is 0.270 e. The third kappa shape index (κ3) is 2.91. The van der Waals surface area contributed by atoms with Gasteiger partial charge in [-0.3, -0.25) is 19.8 Å². The lowest BCUT2D eigenvalue weighted by Gasteiger charge is -1.96. The second-order valence-electron chi connectivity index (χ2n) is 4.72. The molecule has 5 N–H and O–H groups in total. The second kappa shape index (κ2) is 5.68. The van der Waals surface area contributed by atoms with E-state index >= 15 is 0 Å². The molecular formula is C15H12N4O4. The zero-order valence-electron chi connectivity index (χ0n) is 11.7. The lowest BCUT2D eigenvalue weighted by atomic mass is 10.2. The smallest absolute Gasteiger partial charge is 0.270 e. The molecule has 0 saturated carbocycles. The van der Waals surface area contributed by atoms with Crippen molar-refractivity contribution in [3.05, 3.63) is 63.5 Å². The summed E-state index contributed by atoms with van der Waals surface area (Å²) < 4.78 is 4.93. The van der Waals surface area contributed by atoms with Crippen molar-refractivity contribution in [3.8, 4) is 5.75 Å². The van der Waals surface area contributed by atoms with Crippen molar-refractivity contribution < 1.29 is 9.52 Å². The monoisotopic (exact) mass is 312 g/mol. The van der Waals surface area contributed by atoms with E-state index < -0.39 is 0 Å². The predicted octanol–water partition coefficient (Wildman–Crippen LogP) is 1.33. The van der Waals surface area contributed by atoms with Crippen LogP contribution in [0.4, 0.5) is 5.69 Å². The van der Waals surface area contributed by atoms with Crippen LogP contribution in [0.1, 0.15) is 0 Å².